The van der Waals surface area contributed by atoms with Crippen molar-refractivity contribution >= 4 is 209 Å². The van der Waals surface area contributed by atoms with Crippen LogP contribution in [0.4, 0.5) is 0 Å². The van der Waals surface area contributed by atoms with E-state index in [-0.39, 0.29) is 7.43 Å². The summed E-state index contributed by atoms with van der Waals surface area (Å²) in [5, 5.41) is 5.82. The highest BCUT2D eigenvalue weighted by Gasteiger charge is 2.32. The van der Waals surface area contributed by atoms with Crippen molar-refractivity contribution in [1.82, 2.24) is 0 Å². The van der Waals surface area contributed by atoms with Crippen LogP contribution in [0.3, 0.4) is 0 Å². The van der Waals surface area contributed by atoms with Gasteiger partial charge in [0, 0.05) is 139 Å². The maximum absolute atomic E-state index is 6.51. The van der Waals surface area contributed by atoms with E-state index < -0.39 is 11.8 Å². The highest BCUT2D eigenvalue weighted by Crippen LogP contribution is 2.52. The van der Waals surface area contributed by atoms with Gasteiger partial charge in [0.15, 0.2) is 0 Å². The van der Waals surface area contributed by atoms with E-state index in [1.54, 1.807) is 72.8 Å². The maximum Gasteiger partial charge on any atom is 0.0477 e. The number of halogens is 18. The van der Waals surface area contributed by atoms with Gasteiger partial charge in [0.25, 0.3) is 0 Å². The fourth-order valence-electron chi connectivity index (χ4n) is 5.84. The molecule has 0 amide bonds. The first-order chi connectivity index (χ1) is 27.2. The summed E-state index contributed by atoms with van der Waals surface area (Å²) in [7, 11) is 0. The minimum absolute atomic E-state index is 0. The Kier molecular flexibility index (Phi) is 18.1. The van der Waals surface area contributed by atoms with Crippen LogP contribution in [0.5, 0.6) is 0 Å². The van der Waals surface area contributed by atoms with Crippen molar-refractivity contribution in [3.8, 4) is 0 Å². The van der Waals surface area contributed by atoms with Gasteiger partial charge in [0.2, 0.25) is 0 Å². The minimum atomic E-state index is -0.702. The third kappa shape index (κ3) is 11.6. The molecule has 0 fully saturated rings. The molecule has 0 nitrogen and oxygen atoms in total. The molecule has 0 atom stereocenters. The van der Waals surface area contributed by atoms with E-state index >= 15 is 0 Å². The molecule has 0 aliphatic heterocycles. The molecule has 0 aliphatic rings. The van der Waals surface area contributed by atoms with Crippen LogP contribution >= 0.6 is 209 Å². The van der Waals surface area contributed by atoms with Crippen molar-refractivity contribution in [2.75, 3.05) is 0 Å². The summed E-state index contributed by atoms with van der Waals surface area (Å²) in [5.41, 5.74) is 2.94. The second-order valence-corrected chi connectivity index (χ2v) is 19.1. The second kappa shape index (κ2) is 21.3. The van der Waals surface area contributed by atoms with Gasteiger partial charge >= 0.3 is 0 Å². The Morgan fingerprint density at radius 2 is 0.316 bits per heavy atom. The molecule has 0 bridgehead atoms. The van der Waals surface area contributed by atoms with E-state index in [0.717, 1.165) is 0 Å². The normalized spacial score (nSPS) is 11.3. The predicted octanol–water partition coefficient (Wildman–Crippen LogP) is 22.4. The number of hydrogen-bond acceptors (Lipinski definition) is 0. The van der Waals surface area contributed by atoms with Crippen LogP contribution in [-0.2, 0) is 0 Å². The third-order valence-electron chi connectivity index (χ3n) is 8.00. The fraction of sp³-hybridized carbons (Fsp3) is 0.0769. The fourth-order valence-corrected chi connectivity index (χ4v) is 12.1. The van der Waals surface area contributed by atoms with Crippen molar-refractivity contribution in [3.05, 3.63) is 197 Å². The molecule has 0 aliphatic carbocycles. The smallest absolute Gasteiger partial charge is 0.0477 e. The van der Waals surface area contributed by atoms with Crippen LogP contribution in [0.25, 0.3) is 0 Å². The van der Waals surface area contributed by atoms with Crippen LogP contribution in [0.15, 0.2) is 72.8 Å². The van der Waals surface area contributed by atoms with Crippen molar-refractivity contribution < 1.29 is 2.97 Å². The first-order valence-corrected chi connectivity index (χ1v) is 21.9. The zero-order valence-corrected chi connectivity index (χ0v) is 40.5. The van der Waals surface area contributed by atoms with Gasteiger partial charge in [-0.1, -0.05) is 216 Å². The molecule has 0 saturated heterocycles. The Morgan fingerprint density at radius 1 is 0.228 bits per heavy atom. The molecule has 18 heteroatoms. The molecule has 0 N–H and O–H groups in total. The summed E-state index contributed by atoms with van der Waals surface area (Å²) >= 11 is 115. The van der Waals surface area contributed by atoms with E-state index in [4.69, 9.17) is 212 Å². The van der Waals surface area contributed by atoms with E-state index in [1.165, 1.54) is 0 Å². The third-order valence-corrected chi connectivity index (χ3v) is 13.1. The van der Waals surface area contributed by atoms with Crippen LogP contribution < -0.4 is 0 Å². The van der Waals surface area contributed by atoms with Gasteiger partial charge in [-0.15, -0.1) is 0 Å². The average molecular weight is 1130 g/mol. The maximum atomic E-state index is 6.51. The Balaban J connectivity index is 0.000000298. The standard InChI is InChI=1S/2C19H7Cl9.CH4.H2/c2*20-7-1-10(23)16(11(24)2-7)19(17-12(25)3-8(21)4-13(17)26)18-14(27)5-9(22)6-15(18)28;;/h2*1-6,19H;1H4;1H/i;;;1+2T. The first-order valence-electron chi connectivity index (χ1n) is 16.1. The van der Waals surface area contributed by atoms with Gasteiger partial charge in [-0.2, -0.15) is 0 Å². The van der Waals surface area contributed by atoms with Crippen molar-refractivity contribution in [2.45, 2.75) is 19.3 Å². The largest absolute Gasteiger partial charge is 0.0842 e. The van der Waals surface area contributed by atoms with Crippen molar-refractivity contribution in [3.63, 3.8) is 0 Å². The molecular weight excluding hydrogens is 1110 g/mol. The highest BCUT2D eigenvalue weighted by molar-refractivity contribution is 6.45. The van der Waals surface area contributed by atoms with Crippen molar-refractivity contribution in [1.29, 1.82) is 0 Å². The number of hydrogen-bond donors (Lipinski definition) is 0. The number of benzene rings is 6. The summed E-state index contributed by atoms with van der Waals surface area (Å²) in [6.45, 7) is 0. The van der Waals surface area contributed by atoms with Gasteiger partial charge in [0.05, 0.1) is 0 Å². The molecule has 6 aromatic carbocycles. The van der Waals surface area contributed by atoms with Crippen LogP contribution in [0.1, 0.15) is 55.6 Å². The van der Waals surface area contributed by atoms with Crippen LogP contribution in [-0.4, -0.2) is 0 Å². The topological polar surface area (TPSA) is 0 Å². The van der Waals surface area contributed by atoms with Gasteiger partial charge in [-0.25, -0.2) is 0 Å². The molecule has 0 heterocycles. The Hall–Kier alpha value is 0.540. The summed E-state index contributed by atoms with van der Waals surface area (Å²) in [6, 6.07) is 18.7. The average Bonchev–Trinajstić information content (AvgIpc) is 3.06. The predicted molar refractivity (Wildman–Crippen MR) is 260 cm³/mol. The quantitative estimate of drug-likeness (QED) is 0.146. The lowest BCUT2D eigenvalue weighted by molar-refractivity contribution is 0.979. The molecular formula is C39H20Cl18. The van der Waals surface area contributed by atoms with Crippen molar-refractivity contribution in [2.24, 2.45) is 0 Å². The first kappa shape index (κ1) is 48.6. The Morgan fingerprint density at radius 3 is 0.404 bits per heavy atom. The zero-order chi connectivity index (χ0) is 43.5. The summed E-state index contributed by atoms with van der Waals surface area (Å²) in [6.07, 6.45) is 0. The molecule has 0 spiro atoms. The van der Waals surface area contributed by atoms with Crippen LogP contribution in [0, 0.1) is 0 Å². The molecule has 0 radical (unpaired) electrons. The Bertz CT molecular complexity index is 1920. The van der Waals surface area contributed by atoms with Gasteiger partial charge in [-0.3, -0.25) is 0 Å². The van der Waals surface area contributed by atoms with Crippen LogP contribution in [0.2, 0.25) is 90.4 Å². The van der Waals surface area contributed by atoms with Gasteiger partial charge in [-0.05, 0) is 72.8 Å². The van der Waals surface area contributed by atoms with Gasteiger partial charge < -0.3 is 0 Å². The molecule has 0 unspecified atom stereocenters. The molecule has 6 rings (SSSR count). The second-order valence-electron chi connectivity index (χ2n) is 11.6. The van der Waals surface area contributed by atoms with E-state index in [0.29, 0.717) is 124 Å². The molecule has 302 valence electrons. The highest BCUT2D eigenvalue weighted by atomic mass is 35.5. The Labute approximate surface area is 422 Å². The molecule has 0 saturated carbocycles. The molecule has 0 aromatic heterocycles. The summed E-state index contributed by atoms with van der Waals surface area (Å²) in [4.78, 5) is 0. The van der Waals surface area contributed by atoms with E-state index in [2.05, 4.69) is 0 Å². The van der Waals surface area contributed by atoms with E-state index in [1.807, 2.05) is 0 Å². The lowest BCUT2D eigenvalue weighted by atomic mass is 9.84. The zero-order valence-electron chi connectivity index (χ0n) is 28.9. The number of rotatable bonds is 6. The minimum Gasteiger partial charge on any atom is -0.0842 e. The molecule has 57 heavy (non-hydrogen) atoms. The molecule has 6 aromatic rings. The lowest BCUT2D eigenvalue weighted by Crippen LogP contribution is -2.08. The van der Waals surface area contributed by atoms with Gasteiger partial charge in [0.1, 0.15) is 0 Å². The monoisotopic (exact) mass is 1120 g/mol. The SMILES string of the molecule is C.Clc1cc(Cl)c(C(c2c(Cl)cc(Cl)cc2Cl)c2c(Cl)cc(Cl)cc2Cl)c(Cl)c1.Clc1cc(Cl)c(C(c2c(Cl)cc(Cl)cc2Cl)c2c(Cl)cc(Cl)cc2Cl)c(Cl)c1.[3H][3H]. The summed E-state index contributed by atoms with van der Waals surface area (Å²) < 4.78 is 10.0. The summed E-state index contributed by atoms with van der Waals surface area (Å²) in [5.74, 6) is -1.40. The van der Waals surface area contributed by atoms with E-state index in [9.17, 15) is 0 Å². The lowest BCUT2D eigenvalue weighted by Gasteiger charge is -2.25.